The van der Waals surface area contributed by atoms with Crippen LogP contribution in [0.5, 0.6) is 0 Å². The summed E-state index contributed by atoms with van der Waals surface area (Å²) < 4.78 is 12.6. The molecule has 0 saturated carbocycles. The first-order chi connectivity index (χ1) is 6.53. The molecule has 0 aliphatic heterocycles. The Morgan fingerprint density at radius 2 is 1.86 bits per heavy atom. The second-order valence-electron chi connectivity index (χ2n) is 3.61. The number of halogens is 1. The molecule has 2 N–H and O–H groups in total. The van der Waals surface area contributed by atoms with Gasteiger partial charge in [-0.25, -0.2) is 10.3 Å². The molecular weight excluding hydrogens is 181 g/mol. The third-order valence-electron chi connectivity index (χ3n) is 1.85. The Kier molecular flexibility index (Phi) is 3.38. The molecule has 2 nitrogen and oxygen atoms in total. The molecule has 0 fully saturated rings. The minimum Gasteiger partial charge on any atom is -0.294 e. The molecular formula is C11H14FNO. The van der Waals surface area contributed by atoms with E-state index in [1.54, 1.807) is 12.1 Å². The van der Waals surface area contributed by atoms with Crippen molar-refractivity contribution in [1.82, 2.24) is 0 Å². The van der Waals surface area contributed by atoms with Gasteiger partial charge in [0.15, 0.2) is 0 Å². The van der Waals surface area contributed by atoms with Crippen molar-refractivity contribution in [3.05, 3.63) is 41.7 Å². The molecule has 0 aromatic heterocycles. The van der Waals surface area contributed by atoms with E-state index in [2.05, 4.69) is 0 Å². The fourth-order valence-corrected chi connectivity index (χ4v) is 0.910. The van der Waals surface area contributed by atoms with Crippen LogP contribution in [0.2, 0.25) is 0 Å². The van der Waals surface area contributed by atoms with Gasteiger partial charge in [-0.3, -0.25) is 4.84 Å². The Bertz CT molecular complexity index is 317. The minimum atomic E-state index is -0.506. The van der Waals surface area contributed by atoms with Crippen molar-refractivity contribution in [2.45, 2.75) is 19.4 Å². The lowest BCUT2D eigenvalue weighted by Gasteiger charge is -2.16. The van der Waals surface area contributed by atoms with Gasteiger partial charge in [0.2, 0.25) is 0 Å². The Morgan fingerprint density at radius 3 is 2.36 bits per heavy atom. The smallest absolute Gasteiger partial charge is 0.123 e. The van der Waals surface area contributed by atoms with E-state index in [1.807, 2.05) is 26.0 Å². The van der Waals surface area contributed by atoms with Crippen LogP contribution in [0.1, 0.15) is 19.4 Å². The third kappa shape index (κ3) is 3.28. The zero-order valence-electron chi connectivity index (χ0n) is 8.33. The van der Waals surface area contributed by atoms with Gasteiger partial charge in [0.25, 0.3) is 0 Å². The molecule has 76 valence electrons. The highest BCUT2D eigenvalue weighted by atomic mass is 19.1. The maximum absolute atomic E-state index is 12.6. The predicted octanol–water partition coefficient (Wildman–Crippen LogP) is 2.51. The minimum absolute atomic E-state index is 0.239. The lowest BCUT2D eigenvalue weighted by molar-refractivity contribution is 0.0194. The molecule has 0 amide bonds. The monoisotopic (exact) mass is 195 g/mol. The number of benzene rings is 1. The van der Waals surface area contributed by atoms with Gasteiger partial charge in [0.1, 0.15) is 11.4 Å². The molecule has 1 rings (SSSR count). The van der Waals surface area contributed by atoms with Gasteiger partial charge in [-0.05, 0) is 31.5 Å². The fourth-order valence-electron chi connectivity index (χ4n) is 0.910. The van der Waals surface area contributed by atoms with Gasteiger partial charge in [0, 0.05) is 0 Å². The van der Waals surface area contributed by atoms with Gasteiger partial charge in [-0.2, -0.15) is 0 Å². The number of hydrogen-bond donors (Lipinski definition) is 1. The average molecular weight is 195 g/mol. The summed E-state index contributed by atoms with van der Waals surface area (Å²) in [6.07, 6.45) is 3.66. The van der Waals surface area contributed by atoms with Crippen molar-refractivity contribution in [2.75, 3.05) is 0 Å². The topological polar surface area (TPSA) is 35.2 Å². The molecule has 0 radical (unpaired) electrons. The predicted molar refractivity (Wildman–Crippen MR) is 54.8 cm³/mol. The van der Waals surface area contributed by atoms with E-state index in [1.165, 1.54) is 12.1 Å². The summed E-state index contributed by atoms with van der Waals surface area (Å²) in [6, 6.07) is 6.21. The van der Waals surface area contributed by atoms with E-state index in [4.69, 9.17) is 10.7 Å². The van der Waals surface area contributed by atoms with Crippen molar-refractivity contribution in [3.8, 4) is 0 Å². The molecule has 1 aromatic rings. The SMILES string of the molecule is CC(C)(/C=C/c1ccc(F)cc1)ON. The fraction of sp³-hybridized carbons (Fsp3) is 0.273. The Balaban J connectivity index is 2.74. The first kappa shape index (κ1) is 10.9. The lowest BCUT2D eigenvalue weighted by atomic mass is 10.1. The van der Waals surface area contributed by atoms with E-state index in [-0.39, 0.29) is 5.82 Å². The standard InChI is InChI=1S/C11H14FNO/c1-11(2,14-13)8-7-9-3-5-10(12)6-4-9/h3-8H,13H2,1-2H3/b8-7+. The quantitative estimate of drug-likeness (QED) is 0.752. The Morgan fingerprint density at radius 1 is 1.29 bits per heavy atom. The molecule has 0 heterocycles. The molecule has 0 unspecified atom stereocenters. The molecule has 3 heteroatoms. The summed E-state index contributed by atoms with van der Waals surface area (Å²) in [6.45, 7) is 3.68. The summed E-state index contributed by atoms with van der Waals surface area (Å²) in [7, 11) is 0. The van der Waals surface area contributed by atoms with Gasteiger partial charge in [-0.1, -0.05) is 24.3 Å². The van der Waals surface area contributed by atoms with Crippen molar-refractivity contribution in [3.63, 3.8) is 0 Å². The van der Waals surface area contributed by atoms with E-state index in [0.717, 1.165) is 5.56 Å². The summed E-state index contributed by atoms with van der Waals surface area (Å²) >= 11 is 0. The zero-order chi connectivity index (χ0) is 10.6. The van der Waals surface area contributed by atoms with Crippen LogP contribution in [0.25, 0.3) is 6.08 Å². The molecule has 0 saturated heterocycles. The highest BCUT2D eigenvalue weighted by molar-refractivity contribution is 5.50. The summed E-state index contributed by atoms with van der Waals surface area (Å²) in [5, 5.41) is 0. The maximum Gasteiger partial charge on any atom is 0.123 e. The van der Waals surface area contributed by atoms with Gasteiger partial charge in [-0.15, -0.1) is 0 Å². The first-order valence-electron chi connectivity index (χ1n) is 4.36. The molecule has 0 aliphatic carbocycles. The highest BCUT2D eigenvalue weighted by Crippen LogP contribution is 2.11. The number of nitrogens with two attached hydrogens (primary N) is 1. The van der Waals surface area contributed by atoms with Gasteiger partial charge in [0.05, 0.1) is 0 Å². The lowest BCUT2D eigenvalue weighted by Crippen LogP contribution is -2.24. The van der Waals surface area contributed by atoms with Crippen molar-refractivity contribution >= 4 is 6.08 Å². The van der Waals surface area contributed by atoms with Crippen molar-refractivity contribution < 1.29 is 9.23 Å². The Hall–Kier alpha value is -1.19. The second kappa shape index (κ2) is 4.35. The molecule has 0 aliphatic rings. The largest absolute Gasteiger partial charge is 0.294 e. The van der Waals surface area contributed by atoms with Crippen LogP contribution in [0.15, 0.2) is 30.3 Å². The van der Waals surface area contributed by atoms with Crippen LogP contribution in [-0.4, -0.2) is 5.60 Å². The molecule has 0 bridgehead atoms. The summed E-state index contributed by atoms with van der Waals surface area (Å²) in [5.41, 5.74) is 0.408. The van der Waals surface area contributed by atoms with E-state index >= 15 is 0 Å². The third-order valence-corrected chi connectivity index (χ3v) is 1.85. The van der Waals surface area contributed by atoms with Crippen molar-refractivity contribution in [2.24, 2.45) is 5.90 Å². The molecule has 14 heavy (non-hydrogen) atoms. The average Bonchev–Trinajstić information content (AvgIpc) is 2.17. The van der Waals surface area contributed by atoms with E-state index in [0.29, 0.717) is 0 Å². The number of rotatable bonds is 3. The van der Waals surface area contributed by atoms with Crippen LogP contribution in [-0.2, 0) is 4.84 Å². The van der Waals surface area contributed by atoms with Crippen LogP contribution in [0.4, 0.5) is 4.39 Å². The summed E-state index contributed by atoms with van der Waals surface area (Å²) in [5.74, 6) is 4.84. The summed E-state index contributed by atoms with van der Waals surface area (Å²) in [4.78, 5) is 4.72. The molecule has 1 aromatic carbocycles. The molecule has 0 spiro atoms. The van der Waals surface area contributed by atoms with Crippen LogP contribution in [0, 0.1) is 5.82 Å². The number of hydrogen-bond acceptors (Lipinski definition) is 2. The normalized spacial score (nSPS) is 12.3. The van der Waals surface area contributed by atoms with E-state index < -0.39 is 5.60 Å². The van der Waals surface area contributed by atoms with Crippen LogP contribution in [0.3, 0.4) is 0 Å². The van der Waals surface area contributed by atoms with Crippen LogP contribution >= 0.6 is 0 Å². The zero-order valence-corrected chi connectivity index (χ0v) is 8.33. The second-order valence-corrected chi connectivity index (χ2v) is 3.61. The van der Waals surface area contributed by atoms with Crippen molar-refractivity contribution in [1.29, 1.82) is 0 Å². The van der Waals surface area contributed by atoms with E-state index in [9.17, 15) is 4.39 Å². The van der Waals surface area contributed by atoms with Crippen LogP contribution < -0.4 is 5.90 Å². The van der Waals surface area contributed by atoms with Gasteiger partial charge >= 0.3 is 0 Å². The molecule has 0 atom stereocenters. The highest BCUT2D eigenvalue weighted by Gasteiger charge is 2.11. The Labute approximate surface area is 83.1 Å². The maximum atomic E-state index is 12.6. The van der Waals surface area contributed by atoms with Gasteiger partial charge < -0.3 is 0 Å². The first-order valence-corrected chi connectivity index (χ1v) is 4.36.